The maximum atomic E-state index is 5.40. The second-order valence-electron chi connectivity index (χ2n) is 3.97. The minimum Gasteiger partial charge on any atom is -0.497 e. The van der Waals surface area contributed by atoms with Crippen LogP contribution in [-0.4, -0.2) is 27.3 Å². The van der Waals surface area contributed by atoms with Crippen LogP contribution in [0.2, 0.25) is 0 Å². The molecule has 90 valence electrons. The summed E-state index contributed by atoms with van der Waals surface area (Å²) in [5, 5.41) is 3.26. The van der Waals surface area contributed by atoms with Gasteiger partial charge in [-0.25, -0.2) is 0 Å². The molecule has 1 aromatic rings. The Morgan fingerprint density at radius 1 is 1.12 bits per heavy atom. The van der Waals surface area contributed by atoms with E-state index in [2.05, 4.69) is 25.2 Å². The van der Waals surface area contributed by atoms with Crippen LogP contribution in [0, 0.1) is 0 Å². The zero-order valence-corrected chi connectivity index (χ0v) is 10.7. The zero-order valence-electron chi connectivity index (χ0n) is 10.7. The van der Waals surface area contributed by atoms with Gasteiger partial charge in [0.05, 0.1) is 14.2 Å². The zero-order chi connectivity index (χ0) is 12.1. The van der Waals surface area contributed by atoms with Gasteiger partial charge in [0.2, 0.25) is 0 Å². The van der Waals surface area contributed by atoms with Crippen LogP contribution in [0.1, 0.15) is 25.3 Å². The van der Waals surface area contributed by atoms with Crippen LogP contribution in [0.15, 0.2) is 18.2 Å². The summed E-state index contributed by atoms with van der Waals surface area (Å²) in [4.78, 5) is 0. The smallest absolute Gasteiger partial charge is 0.126 e. The third-order valence-corrected chi connectivity index (χ3v) is 3.14. The number of hydrogen-bond acceptors (Lipinski definition) is 3. The van der Waals surface area contributed by atoms with E-state index in [-0.39, 0.29) is 0 Å². The molecule has 0 amide bonds. The molecule has 2 unspecified atom stereocenters. The Morgan fingerprint density at radius 2 is 1.81 bits per heavy atom. The molecule has 0 aliphatic heterocycles. The maximum absolute atomic E-state index is 5.40. The summed E-state index contributed by atoms with van der Waals surface area (Å²) >= 11 is 0. The summed E-state index contributed by atoms with van der Waals surface area (Å²) in [7, 11) is 5.32. The summed E-state index contributed by atoms with van der Waals surface area (Å²) in [6.07, 6.45) is 0. The van der Waals surface area contributed by atoms with E-state index in [1.165, 1.54) is 5.56 Å². The van der Waals surface area contributed by atoms with Crippen LogP contribution in [0.25, 0.3) is 0 Å². The Labute approximate surface area is 97.8 Å². The molecule has 3 heteroatoms. The third kappa shape index (κ3) is 2.67. The van der Waals surface area contributed by atoms with Crippen molar-refractivity contribution >= 4 is 0 Å². The van der Waals surface area contributed by atoms with Crippen molar-refractivity contribution in [3.05, 3.63) is 23.8 Å². The number of methoxy groups -OCH3 is 2. The van der Waals surface area contributed by atoms with Crippen molar-refractivity contribution in [2.75, 3.05) is 21.3 Å². The van der Waals surface area contributed by atoms with Gasteiger partial charge in [-0.15, -0.1) is 0 Å². The average Bonchev–Trinajstić information content (AvgIpc) is 2.35. The molecular weight excluding hydrogens is 202 g/mol. The Morgan fingerprint density at radius 3 is 2.31 bits per heavy atom. The number of ether oxygens (including phenoxy) is 2. The first-order valence-corrected chi connectivity index (χ1v) is 5.53. The molecule has 0 aliphatic rings. The van der Waals surface area contributed by atoms with Crippen molar-refractivity contribution in [3.63, 3.8) is 0 Å². The molecule has 0 aliphatic carbocycles. The molecule has 0 radical (unpaired) electrons. The summed E-state index contributed by atoms with van der Waals surface area (Å²) in [5.74, 6) is 2.10. The van der Waals surface area contributed by atoms with E-state index in [1.807, 2.05) is 19.2 Å². The van der Waals surface area contributed by atoms with Gasteiger partial charge in [-0.1, -0.05) is 13.0 Å². The van der Waals surface area contributed by atoms with Crippen molar-refractivity contribution in [1.82, 2.24) is 5.32 Å². The number of benzene rings is 1. The number of likely N-dealkylation sites (N-methyl/N-ethyl adjacent to an activating group) is 1. The van der Waals surface area contributed by atoms with E-state index >= 15 is 0 Å². The summed E-state index contributed by atoms with van der Waals surface area (Å²) < 4.78 is 10.6. The third-order valence-electron chi connectivity index (χ3n) is 3.14. The molecule has 0 saturated heterocycles. The Bertz CT molecular complexity index is 339. The molecule has 1 aromatic carbocycles. The fourth-order valence-corrected chi connectivity index (χ4v) is 1.71. The Balaban J connectivity index is 3.03. The monoisotopic (exact) mass is 223 g/mol. The summed E-state index contributed by atoms with van der Waals surface area (Å²) in [5.41, 5.74) is 1.20. The van der Waals surface area contributed by atoms with Crippen LogP contribution in [0.3, 0.4) is 0 Å². The highest BCUT2D eigenvalue weighted by molar-refractivity contribution is 5.43. The molecule has 16 heavy (non-hydrogen) atoms. The minimum absolute atomic E-state index is 0.394. The standard InChI is InChI=1S/C13H21NO2/c1-9(10(2)14-3)12-7-6-11(15-4)8-13(12)16-5/h6-10,14H,1-5H3. The topological polar surface area (TPSA) is 30.5 Å². The SMILES string of the molecule is CNC(C)C(C)c1ccc(OC)cc1OC. The molecule has 1 N–H and O–H groups in total. The van der Waals surface area contributed by atoms with E-state index in [4.69, 9.17) is 9.47 Å². The lowest BCUT2D eigenvalue weighted by molar-refractivity contribution is 0.385. The lowest BCUT2D eigenvalue weighted by Gasteiger charge is -2.22. The van der Waals surface area contributed by atoms with Gasteiger partial charge >= 0.3 is 0 Å². The van der Waals surface area contributed by atoms with Crippen LogP contribution >= 0.6 is 0 Å². The molecular formula is C13H21NO2. The van der Waals surface area contributed by atoms with Gasteiger partial charge in [0.1, 0.15) is 11.5 Å². The number of rotatable bonds is 5. The van der Waals surface area contributed by atoms with Crippen LogP contribution < -0.4 is 14.8 Å². The summed E-state index contributed by atoms with van der Waals surface area (Å²) in [6.45, 7) is 4.35. The second-order valence-corrected chi connectivity index (χ2v) is 3.97. The first-order valence-electron chi connectivity index (χ1n) is 5.53. The van der Waals surface area contributed by atoms with Crippen molar-refractivity contribution in [2.24, 2.45) is 0 Å². The molecule has 2 atom stereocenters. The molecule has 3 nitrogen and oxygen atoms in total. The van der Waals surface area contributed by atoms with Gasteiger partial charge in [0, 0.05) is 12.1 Å². The van der Waals surface area contributed by atoms with Crippen molar-refractivity contribution in [2.45, 2.75) is 25.8 Å². The first kappa shape index (κ1) is 12.8. The molecule has 1 rings (SSSR count). The molecule has 0 aromatic heterocycles. The molecule has 0 spiro atoms. The largest absolute Gasteiger partial charge is 0.497 e. The number of hydrogen-bond donors (Lipinski definition) is 1. The lowest BCUT2D eigenvalue weighted by atomic mass is 9.93. The van der Waals surface area contributed by atoms with Crippen molar-refractivity contribution < 1.29 is 9.47 Å². The van der Waals surface area contributed by atoms with Crippen LogP contribution in [0.4, 0.5) is 0 Å². The highest BCUT2D eigenvalue weighted by atomic mass is 16.5. The highest BCUT2D eigenvalue weighted by Crippen LogP contribution is 2.31. The van der Waals surface area contributed by atoms with Gasteiger partial charge in [0.15, 0.2) is 0 Å². The van der Waals surface area contributed by atoms with Crippen molar-refractivity contribution in [3.8, 4) is 11.5 Å². The minimum atomic E-state index is 0.394. The van der Waals surface area contributed by atoms with Crippen LogP contribution in [0.5, 0.6) is 11.5 Å². The second kappa shape index (κ2) is 5.75. The van der Waals surface area contributed by atoms with Gasteiger partial charge < -0.3 is 14.8 Å². The number of nitrogens with one attached hydrogen (secondary N) is 1. The van der Waals surface area contributed by atoms with Crippen LogP contribution in [-0.2, 0) is 0 Å². The first-order chi connectivity index (χ1) is 7.63. The predicted octanol–water partition coefficient (Wildman–Crippen LogP) is 2.42. The van der Waals surface area contributed by atoms with Gasteiger partial charge in [-0.05, 0) is 31.5 Å². The van der Waals surface area contributed by atoms with E-state index in [1.54, 1.807) is 14.2 Å². The predicted molar refractivity (Wildman–Crippen MR) is 66.5 cm³/mol. The lowest BCUT2D eigenvalue weighted by Crippen LogP contribution is -2.27. The fourth-order valence-electron chi connectivity index (χ4n) is 1.71. The van der Waals surface area contributed by atoms with E-state index < -0.39 is 0 Å². The van der Waals surface area contributed by atoms with Gasteiger partial charge in [-0.2, -0.15) is 0 Å². The quantitative estimate of drug-likeness (QED) is 0.831. The van der Waals surface area contributed by atoms with E-state index in [0.717, 1.165) is 11.5 Å². The molecule has 0 fully saturated rings. The van der Waals surface area contributed by atoms with Gasteiger partial charge in [-0.3, -0.25) is 0 Å². The van der Waals surface area contributed by atoms with E-state index in [0.29, 0.717) is 12.0 Å². The van der Waals surface area contributed by atoms with E-state index in [9.17, 15) is 0 Å². The average molecular weight is 223 g/mol. The molecule has 0 heterocycles. The maximum Gasteiger partial charge on any atom is 0.126 e. The summed E-state index contributed by atoms with van der Waals surface area (Å²) in [6, 6.07) is 6.36. The van der Waals surface area contributed by atoms with Gasteiger partial charge in [0.25, 0.3) is 0 Å². The highest BCUT2D eigenvalue weighted by Gasteiger charge is 2.17. The normalized spacial score (nSPS) is 14.3. The molecule has 0 bridgehead atoms. The molecule has 0 saturated carbocycles. The van der Waals surface area contributed by atoms with Crippen molar-refractivity contribution in [1.29, 1.82) is 0 Å². The Kier molecular flexibility index (Phi) is 4.62. The Hall–Kier alpha value is -1.22. The fraction of sp³-hybridized carbons (Fsp3) is 0.538.